The van der Waals surface area contributed by atoms with Crippen LogP contribution in [0.3, 0.4) is 0 Å². The summed E-state index contributed by atoms with van der Waals surface area (Å²) in [7, 11) is -1.94. The van der Waals surface area contributed by atoms with Gasteiger partial charge in [-0.15, -0.1) is 0 Å². The van der Waals surface area contributed by atoms with Crippen LogP contribution < -0.4 is 9.74 Å². The number of hydrogen-bond acceptors (Lipinski definition) is 2. The Morgan fingerprint density at radius 2 is 1.56 bits per heavy atom. The summed E-state index contributed by atoms with van der Waals surface area (Å²) in [6.07, 6.45) is 2.20. The van der Waals surface area contributed by atoms with E-state index < -0.39 is 8.32 Å². The molecule has 34 heavy (non-hydrogen) atoms. The number of hydrogen-bond donors (Lipinski definition) is 1. The third kappa shape index (κ3) is 5.42. The first-order valence-corrected chi connectivity index (χ1v) is 15.1. The van der Waals surface area contributed by atoms with Crippen molar-refractivity contribution in [3.63, 3.8) is 0 Å². The van der Waals surface area contributed by atoms with Crippen LogP contribution in [-0.4, -0.2) is 18.3 Å². The Balaban J connectivity index is 1.69. The highest BCUT2D eigenvalue weighted by molar-refractivity contribution is 7.80. The molecule has 0 aliphatic carbocycles. The molecule has 3 nitrogen and oxygen atoms in total. The van der Waals surface area contributed by atoms with Gasteiger partial charge in [-0.1, -0.05) is 93.6 Å². The summed E-state index contributed by atoms with van der Waals surface area (Å²) in [4.78, 5) is 2.12. The monoisotopic (exact) mass is 486 g/mol. The molecule has 3 aromatic carbocycles. The molecule has 0 aromatic heterocycles. The lowest BCUT2D eigenvalue weighted by Gasteiger charge is -2.37. The van der Waals surface area contributed by atoms with Crippen LogP contribution >= 0.6 is 12.2 Å². The van der Waals surface area contributed by atoms with Gasteiger partial charge in [0.25, 0.3) is 0 Å². The summed E-state index contributed by atoms with van der Waals surface area (Å²) >= 11 is 5.82. The van der Waals surface area contributed by atoms with Gasteiger partial charge < -0.3 is 14.6 Å². The van der Waals surface area contributed by atoms with E-state index in [4.69, 9.17) is 16.6 Å². The third-order valence-corrected chi connectivity index (χ3v) is 11.5. The van der Waals surface area contributed by atoms with Crippen LogP contribution in [0.4, 0.5) is 0 Å². The lowest BCUT2D eigenvalue weighted by atomic mass is 9.92. The molecule has 1 aliphatic rings. The molecule has 0 radical (unpaired) electrons. The minimum Gasteiger partial charge on any atom is -0.543 e. The van der Waals surface area contributed by atoms with Gasteiger partial charge in [0, 0.05) is 18.3 Å². The largest absolute Gasteiger partial charge is 0.543 e. The first-order chi connectivity index (χ1) is 16.1. The van der Waals surface area contributed by atoms with E-state index in [2.05, 4.69) is 129 Å². The van der Waals surface area contributed by atoms with Crippen LogP contribution in [0, 0.1) is 0 Å². The van der Waals surface area contributed by atoms with Crippen LogP contribution in [0.25, 0.3) is 5.57 Å². The summed E-state index contributed by atoms with van der Waals surface area (Å²) in [5, 5.41) is 4.48. The molecule has 1 N–H and O–H groups in total. The van der Waals surface area contributed by atoms with Crippen LogP contribution in [0.1, 0.15) is 43.5 Å². The maximum absolute atomic E-state index is 6.61. The molecular formula is C29H34N2OSSi. The third-order valence-electron chi connectivity index (χ3n) is 6.81. The van der Waals surface area contributed by atoms with Gasteiger partial charge in [-0.2, -0.15) is 0 Å². The molecule has 0 saturated heterocycles. The van der Waals surface area contributed by atoms with Crippen molar-refractivity contribution in [1.82, 2.24) is 10.2 Å². The fourth-order valence-corrected chi connectivity index (χ4v) is 5.08. The van der Waals surface area contributed by atoms with E-state index in [9.17, 15) is 0 Å². The highest BCUT2D eigenvalue weighted by Crippen LogP contribution is 2.39. The fraction of sp³-hybridized carbons (Fsp3) is 0.276. The number of nitrogens with zero attached hydrogens (tertiary/aromatic N) is 1. The van der Waals surface area contributed by atoms with E-state index in [1.54, 1.807) is 0 Å². The Labute approximate surface area is 210 Å². The van der Waals surface area contributed by atoms with Crippen molar-refractivity contribution in [3.8, 4) is 5.75 Å². The molecule has 1 aliphatic heterocycles. The predicted molar refractivity (Wildman–Crippen MR) is 149 cm³/mol. The van der Waals surface area contributed by atoms with Gasteiger partial charge >= 0.3 is 0 Å². The lowest BCUT2D eigenvalue weighted by Crippen LogP contribution is -2.44. The maximum Gasteiger partial charge on any atom is 0.250 e. The van der Waals surface area contributed by atoms with Gasteiger partial charge in [-0.05, 0) is 59.2 Å². The molecule has 176 valence electrons. The van der Waals surface area contributed by atoms with E-state index in [0.717, 1.165) is 23.0 Å². The fourth-order valence-electron chi connectivity index (χ4n) is 3.82. The topological polar surface area (TPSA) is 24.5 Å². The Morgan fingerprint density at radius 3 is 2.21 bits per heavy atom. The van der Waals surface area contributed by atoms with Crippen molar-refractivity contribution < 1.29 is 4.43 Å². The van der Waals surface area contributed by atoms with Gasteiger partial charge in [0.1, 0.15) is 5.75 Å². The smallest absolute Gasteiger partial charge is 0.250 e. The van der Waals surface area contributed by atoms with Crippen LogP contribution in [0.2, 0.25) is 18.1 Å². The van der Waals surface area contributed by atoms with Gasteiger partial charge in [0.05, 0.1) is 6.04 Å². The zero-order valence-corrected chi connectivity index (χ0v) is 22.5. The van der Waals surface area contributed by atoms with E-state index in [1.165, 1.54) is 16.7 Å². The van der Waals surface area contributed by atoms with Gasteiger partial charge in [0.15, 0.2) is 5.11 Å². The van der Waals surface area contributed by atoms with Gasteiger partial charge in [-0.3, -0.25) is 0 Å². The van der Waals surface area contributed by atoms with Crippen molar-refractivity contribution in [2.45, 2.75) is 51.5 Å². The molecule has 1 atom stereocenters. The summed E-state index contributed by atoms with van der Waals surface area (Å²) in [5.74, 6) is 0.927. The Morgan fingerprint density at radius 1 is 0.912 bits per heavy atom. The Bertz CT molecular complexity index is 1170. The molecule has 0 amide bonds. The first kappa shape index (κ1) is 24.2. The van der Waals surface area contributed by atoms with E-state index in [-0.39, 0.29) is 11.1 Å². The molecule has 0 bridgehead atoms. The molecule has 0 fully saturated rings. The van der Waals surface area contributed by atoms with Crippen molar-refractivity contribution >= 4 is 31.2 Å². The quantitative estimate of drug-likeness (QED) is 0.287. The molecule has 5 heteroatoms. The normalized spacial score (nSPS) is 16.6. The number of thiocarbonyl (C=S) groups is 1. The van der Waals surface area contributed by atoms with Crippen LogP contribution in [-0.2, 0) is 6.54 Å². The van der Waals surface area contributed by atoms with E-state index in [1.807, 2.05) is 6.07 Å². The molecule has 0 saturated carbocycles. The van der Waals surface area contributed by atoms with Crippen molar-refractivity contribution in [3.05, 3.63) is 108 Å². The maximum atomic E-state index is 6.61. The van der Waals surface area contributed by atoms with Crippen LogP contribution in [0.5, 0.6) is 5.75 Å². The number of benzene rings is 3. The predicted octanol–water partition coefficient (Wildman–Crippen LogP) is 7.54. The lowest BCUT2D eigenvalue weighted by molar-refractivity contribution is 0.489. The van der Waals surface area contributed by atoms with Crippen LogP contribution in [0.15, 0.2) is 91.1 Å². The standard InChI is InChI=1S/C29H34N2OSSi/c1-29(2,3)34(4,5)32-25-18-12-17-24(19-25)27-26(23-15-10-7-11-16-23)21-31(28(33)30-27)20-22-13-8-6-9-14-22/h6-19,21,27H,20H2,1-5H3,(H,30,33). The molecule has 3 aromatic rings. The molecular weight excluding hydrogens is 452 g/mol. The highest BCUT2D eigenvalue weighted by Gasteiger charge is 2.39. The second-order valence-corrected chi connectivity index (χ2v) is 15.5. The van der Waals surface area contributed by atoms with Crippen molar-refractivity contribution in [2.24, 2.45) is 0 Å². The Hall–Kier alpha value is -2.89. The first-order valence-electron chi connectivity index (χ1n) is 11.8. The molecule has 4 rings (SSSR count). The summed E-state index contributed by atoms with van der Waals surface area (Å²) in [6.45, 7) is 12.1. The SMILES string of the molecule is CC(C)(C)[Si](C)(C)Oc1cccc(C2NC(=S)N(Cc3ccccc3)C=C2c2ccccc2)c1. The second-order valence-electron chi connectivity index (χ2n) is 10.4. The Kier molecular flexibility index (Phi) is 6.96. The van der Waals surface area contributed by atoms with E-state index >= 15 is 0 Å². The zero-order valence-electron chi connectivity index (χ0n) is 20.7. The highest BCUT2D eigenvalue weighted by atomic mass is 32.1. The van der Waals surface area contributed by atoms with Gasteiger partial charge in [0.2, 0.25) is 8.32 Å². The molecule has 1 heterocycles. The summed E-state index contributed by atoms with van der Waals surface area (Å²) in [6, 6.07) is 29.4. The van der Waals surface area contributed by atoms with Crippen molar-refractivity contribution in [1.29, 1.82) is 0 Å². The average molecular weight is 487 g/mol. The summed E-state index contributed by atoms with van der Waals surface area (Å²) < 4.78 is 6.61. The second kappa shape index (κ2) is 9.77. The number of rotatable bonds is 6. The summed E-state index contributed by atoms with van der Waals surface area (Å²) in [5.41, 5.74) is 4.73. The minimum atomic E-state index is -1.94. The zero-order chi connectivity index (χ0) is 24.3. The van der Waals surface area contributed by atoms with E-state index in [0.29, 0.717) is 0 Å². The van der Waals surface area contributed by atoms with Crippen molar-refractivity contribution in [2.75, 3.05) is 0 Å². The minimum absolute atomic E-state index is 0.0510. The number of nitrogens with one attached hydrogen (secondary N) is 1. The molecule has 0 spiro atoms. The molecule has 1 unspecified atom stereocenters. The average Bonchev–Trinajstić information content (AvgIpc) is 2.80. The van der Waals surface area contributed by atoms with Gasteiger partial charge in [-0.25, -0.2) is 0 Å².